The predicted octanol–water partition coefficient (Wildman–Crippen LogP) is 5.47. The van der Waals surface area contributed by atoms with E-state index < -0.39 is 0 Å². The van der Waals surface area contributed by atoms with Crippen LogP contribution < -0.4 is 9.47 Å². The third-order valence-electron chi connectivity index (χ3n) is 4.93. The lowest BCUT2D eigenvalue weighted by Crippen LogP contribution is -2.22. The standard InChI is InChI=1S/C24H26O4/c1-2-27-23-11-7-6-8-19(23)14-17-22(25)18-12-15-21(16-13-18)28-24(26)20-9-4-3-5-10-20/h6-8,11-17,20H,2-5,9-10H2,1H3/b17-14+. The highest BCUT2D eigenvalue weighted by molar-refractivity contribution is 6.07. The molecule has 0 heterocycles. The van der Waals surface area contributed by atoms with Gasteiger partial charge in [0, 0.05) is 11.1 Å². The normalized spacial score (nSPS) is 14.8. The summed E-state index contributed by atoms with van der Waals surface area (Å²) in [6.45, 7) is 2.49. The largest absolute Gasteiger partial charge is 0.493 e. The summed E-state index contributed by atoms with van der Waals surface area (Å²) >= 11 is 0. The molecule has 0 atom stereocenters. The molecule has 0 N–H and O–H groups in total. The summed E-state index contributed by atoms with van der Waals surface area (Å²) in [4.78, 5) is 24.7. The van der Waals surface area contributed by atoms with Gasteiger partial charge in [-0.3, -0.25) is 9.59 Å². The van der Waals surface area contributed by atoms with Crippen molar-refractivity contribution in [2.75, 3.05) is 6.61 Å². The molecule has 2 aromatic rings. The van der Waals surface area contributed by atoms with Crippen LogP contribution in [0.5, 0.6) is 11.5 Å². The Balaban J connectivity index is 1.61. The minimum atomic E-state index is -0.161. The molecule has 28 heavy (non-hydrogen) atoms. The Bertz CT molecular complexity index is 830. The van der Waals surface area contributed by atoms with Crippen LogP contribution in [-0.2, 0) is 4.79 Å². The molecule has 0 radical (unpaired) electrons. The molecule has 0 aliphatic heterocycles. The van der Waals surface area contributed by atoms with E-state index in [4.69, 9.17) is 9.47 Å². The first-order valence-corrected chi connectivity index (χ1v) is 9.93. The summed E-state index contributed by atoms with van der Waals surface area (Å²) in [6.07, 6.45) is 8.47. The van der Waals surface area contributed by atoms with E-state index >= 15 is 0 Å². The monoisotopic (exact) mass is 378 g/mol. The molecule has 1 aliphatic rings. The van der Waals surface area contributed by atoms with Gasteiger partial charge in [-0.05, 0) is 62.2 Å². The van der Waals surface area contributed by atoms with Crippen molar-refractivity contribution in [1.29, 1.82) is 0 Å². The molecule has 1 aliphatic carbocycles. The van der Waals surface area contributed by atoms with Gasteiger partial charge in [-0.15, -0.1) is 0 Å². The number of esters is 1. The quantitative estimate of drug-likeness (QED) is 0.278. The number of hydrogen-bond acceptors (Lipinski definition) is 4. The molecular formula is C24H26O4. The number of allylic oxidation sites excluding steroid dienone is 1. The summed E-state index contributed by atoms with van der Waals surface area (Å²) in [7, 11) is 0. The van der Waals surface area contributed by atoms with Crippen molar-refractivity contribution in [2.24, 2.45) is 5.92 Å². The second-order valence-corrected chi connectivity index (χ2v) is 6.95. The lowest BCUT2D eigenvalue weighted by atomic mass is 9.89. The summed E-state index contributed by atoms with van der Waals surface area (Å²) < 4.78 is 11.0. The number of benzene rings is 2. The van der Waals surface area contributed by atoms with Gasteiger partial charge in [-0.25, -0.2) is 0 Å². The van der Waals surface area contributed by atoms with Crippen molar-refractivity contribution < 1.29 is 19.1 Å². The van der Waals surface area contributed by atoms with E-state index in [1.54, 1.807) is 30.3 Å². The fourth-order valence-corrected chi connectivity index (χ4v) is 3.39. The molecule has 4 heteroatoms. The van der Waals surface area contributed by atoms with Crippen molar-refractivity contribution in [1.82, 2.24) is 0 Å². The Kier molecular flexibility index (Phi) is 7.01. The molecule has 1 fully saturated rings. The van der Waals surface area contributed by atoms with E-state index in [1.807, 2.05) is 31.2 Å². The zero-order valence-corrected chi connectivity index (χ0v) is 16.2. The van der Waals surface area contributed by atoms with Crippen LogP contribution in [-0.4, -0.2) is 18.4 Å². The smallest absolute Gasteiger partial charge is 0.314 e. The van der Waals surface area contributed by atoms with Gasteiger partial charge in [-0.1, -0.05) is 37.5 Å². The zero-order chi connectivity index (χ0) is 19.8. The average molecular weight is 378 g/mol. The van der Waals surface area contributed by atoms with Gasteiger partial charge < -0.3 is 9.47 Å². The van der Waals surface area contributed by atoms with Gasteiger partial charge in [-0.2, -0.15) is 0 Å². The highest BCUT2D eigenvalue weighted by Crippen LogP contribution is 2.26. The molecule has 1 saturated carbocycles. The zero-order valence-electron chi connectivity index (χ0n) is 16.2. The highest BCUT2D eigenvalue weighted by Gasteiger charge is 2.22. The van der Waals surface area contributed by atoms with Gasteiger partial charge in [0.1, 0.15) is 11.5 Å². The Hall–Kier alpha value is -2.88. The van der Waals surface area contributed by atoms with Crippen molar-refractivity contribution in [2.45, 2.75) is 39.0 Å². The number of carbonyl (C=O) groups is 2. The Morgan fingerprint density at radius 3 is 2.43 bits per heavy atom. The van der Waals surface area contributed by atoms with Gasteiger partial charge in [0.25, 0.3) is 0 Å². The first-order chi connectivity index (χ1) is 13.7. The van der Waals surface area contributed by atoms with E-state index in [1.165, 1.54) is 12.5 Å². The maximum Gasteiger partial charge on any atom is 0.314 e. The average Bonchev–Trinajstić information content (AvgIpc) is 2.74. The summed E-state index contributed by atoms with van der Waals surface area (Å²) in [6, 6.07) is 14.3. The Morgan fingerprint density at radius 2 is 1.71 bits per heavy atom. The second kappa shape index (κ2) is 9.88. The summed E-state index contributed by atoms with van der Waals surface area (Å²) in [5, 5.41) is 0. The van der Waals surface area contributed by atoms with Crippen LogP contribution in [0, 0.1) is 5.92 Å². The molecule has 146 valence electrons. The van der Waals surface area contributed by atoms with E-state index in [0.717, 1.165) is 37.0 Å². The third kappa shape index (κ3) is 5.32. The van der Waals surface area contributed by atoms with Crippen LogP contribution in [0.25, 0.3) is 6.08 Å². The molecule has 0 saturated heterocycles. The number of rotatable bonds is 7. The maximum absolute atomic E-state index is 12.4. The summed E-state index contributed by atoms with van der Waals surface area (Å²) in [5.74, 6) is 0.961. The van der Waals surface area contributed by atoms with Crippen molar-refractivity contribution in [3.05, 3.63) is 65.7 Å². The molecule has 0 spiro atoms. The van der Waals surface area contributed by atoms with Crippen LogP contribution in [0.4, 0.5) is 0 Å². The maximum atomic E-state index is 12.4. The van der Waals surface area contributed by atoms with Gasteiger partial charge in [0.15, 0.2) is 5.78 Å². The minimum absolute atomic E-state index is 0.00315. The first kappa shape index (κ1) is 19.9. The lowest BCUT2D eigenvalue weighted by Gasteiger charge is -2.19. The van der Waals surface area contributed by atoms with E-state index in [-0.39, 0.29) is 17.7 Å². The van der Waals surface area contributed by atoms with Crippen molar-refractivity contribution >= 4 is 17.8 Å². The number of ether oxygens (including phenoxy) is 2. The van der Waals surface area contributed by atoms with Crippen LogP contribution in [0.1, 0.15) is 54.9 Å². The molecule has 0 unspecified atom stereocenters. The van der Waals surface area contributed by atoms with Crippen molar-refractivity contribution in [3.63, 3.8) is 0 Å². The third-order valence-corrected chi connectivity index (χ3v) is 4.93. The fourth-order valence-electron chi connectivity index (χ4n) is 3.39. The predicted molar refractivity (Wildman–Crippen MR) is 110 cm³/mol. The number of ketones is 1. The highest BCUT2D eigenvalue weighted by atomic mass is 16.5. The Labute approximate surface area is 166 Å². The molecule has 3 rings (SSSR count). The van der Waals surface area contributed by atoms with Gasteiger partial charge in [0.05, 0.1) is 12.5 Å². The number of hydrogen-bond donors (Lipinski definition) is 0. The van der Waals surface area contributed by atoms with Crippen molar-refractivity contribution in [3.8, 4) is 11.5 Å². The molecule has 0 aromatic heterocycles. The lowest BCUT2D eigenvalue weighted by molar-refractivity contribution is -0.139. The van der Waals surface area contributed by atoms with E-state index in [2.05, 4.69) is 0 Å². The van der Waals surface area contributed by atoms with Crippen LogP contribution in [0.3, 0.4) is 0 Å². The van der Waals surface area contributed by atoms with Gasteiger partial charge >= 0.3 is 5.97 Å². The summed E-state index contributed by atoms with van der Waals surface area (Å²) in [5.41, 5.74) is 1.40. The van der Waals surface area contributed by atoms with Crippen LogP contribution in [0.2, 0.25) is 0 Å². The second-order valence-electron chi connectivity index (χ2n) is 6.95. The SMILES string of the molecule is CCOc1ccccc1/C=C/C(=O)c1ccc(OC(=O)C2CCCCC2)cc1. The molecular weight excluding hydrogens is 352 g/mol. The molecule has 0 amide bonds. The van der Waals surface area contributed by atoms with Gasteiger partial charge in [0.2, 0.25) is 0 Å². The number of para-hydroxylation sites is 1. The Morgan fingerprint density at radius 1 is 1.00 bits per heavy atom. The fraction of sp³-hybridized carbons (Fsp3) is 0.333. The molecule has 4 nitrogen and oxygen atoms in total. The van der Waals surface area contributed by atoms with E-state index in [0.29, 0.717) is 17.9 Å². The topological polar surface area (TPSA) is 52.6 Å². The minimum Gasteiger partial charge on any atom is -0.493 e. The molecule has 2 aromatic carbocycles. The first-order valence-electron chi connectivity index (χ1n) is 9.93. The molecule has 0 bridgehead atoms. The van der Waals surface area contributed by atoms with Crippen LogP contribution >= 0.6 is 0 Å². The number of carbonyl (C=O) groups excluding carboxylic acids is 2. The van der Waals surface area contributed by atoms with Crippen LogP contribution in [0.15, 0.2) is 54.6 Å². The van der Waals surface area contributed by atoms with E-state index in [9.17, 15) is 9.59 Å².